The summed E-state index contributed by atoms with van der Waals surface area (Å²) in [6.07, 6.45) is -5.38. The lowest BCUT2D eigenvalue weighted by Gasteiger charge is -2.37. The molecule has 0 fully saturated rings. The van der Waals surface area contributed by atoms with Crippen molar-refractivity contribution < 1.29 is 39.5 Å². The van der Waals surface area contributed by atoms with E-state index in [9.17, 15) is 34.8 Å². The molecule has 0 saturated heterocycles. The number of esters is 1. The van der Waals surface area contributed by atoms with Gasteiger partial charge < -0.3 is 36.6 Å². The summed E-state index contributed by atoms with van der Waals surface area (Å²) in [5, 5.41) is 42.5. The van der Waals surface area contributed by atoms with Crippen LogP contribution in [0.15, 0.2) is 91.0 Å². The fourth-order valence-electron chi connectivity index (χ4n) is 4.81. The predicted octanol–water partition coefficient (Wildman–Crippen LogP) is 0.705. The highest BCUT2D eigenvalue weighted by atomic mass is 35.5. The van der Waals surface area contributed by atoms with Gasteiger partial charge in [0.1, 0.15) is 12.1 Å². The van der Waals surface area contributed by atoms with Crippen LogP contribution in [0.25, 0.3) is 0 Å². The van der Waals surface area contributed by atoms with Crippen molar-refractivity contribution in [2.75, 3.05) is 6.61 Å². The molecule has 0 amide bonds. The van der Waals surface area contributed by atoms with Gasteiger partial charge in [-0.1, -0.05) is 97.9 Å². The Morgan fingerprint density at radius 1 is 0.818 bits per heavy atom. The van der Waals surface area contributed by atoms with Gasteiger partial charge in [0.15, 0.2) is 17.7 Å². The number of ether oxygens (including phenoxy) is 1. The topological polar surface area (TPSA) is 219 Å². The van der Waals surface area contributed by atoms with Crippen molar-refractivity contribution >= 4 is 29.9 Å². The first kappa shape index (κ1) is 36.7. The molecule has 3 aromatic carbocycles. The first-order valence-electron chi connectivity index (χ1n) is 13.9. The molecule has 0 saturated carbocycles. The molecule has 0 bridgehead atoms. The molecule has 11 nitrogen and oxygen atoms in total. The maximum atomic E-state index is 13.8. The summed E-state index contributed by atoms with van der Waals surface area (Å²) < 4.78 is 5.84. The number of halogens is 1. The lowest BCUT2D eigenvalue weighted by atomic mass is 9.78. The van der Waals surface area contributed by atoms with Gasteiger partial charge in [-0.25, -0.2) is 0 Å². The Hall–Kier alpha value is -3.52. The highest BCUT2D eigenvalue weighted by Crippen LogP contribution is 2.31. The molecular weight excluding hydrogens is 590 g/mol. The Morgan fingerprint density at radius 2 is 1.25 bits per heavy atom. The molecule has 0 heterocycles. The fraction of sp³-hybridized carbons (Fsp3) is 0.344. The number of carbonyl (C=O) groups is 3. The second-order valence-corrected chi connectivity index (χ2v) is 10.4. The predicted molar refractivity (Wildman–Crippen MR) is 165 cm³/mol. The highest BCUT2D eigenvalue weighted by molar-refractivity contribution is 5.98. The number of benzene rings is 3. The Labute approximate surface area is 262 Å². The average Bonchev–Trinajstić information content (AvgIpc) is 3.04. The minimum absolute atomic E-state index is 0. The minimum atomic E-state index is -3.22. The van der Waals surface area contributed by atoms with E-state index in [1.165, 1.54) is 12.1 Å². The third-order valence-corrected chi connectivity index (χ3v) is 7.46. The zero-order chi connectivity index (χ0) is 31.7. The van der Waals surface area contributed by atoms with Gasteiger partial charge in [-0.2, -0.15) is 0 Å². The van der Waals surface area contributed by atoms with Crippen LogP contribution < -0.4 is 17.2 Å². The maximum Gasteiger partial charge on any atom is 0.324 e. The number of Topliss-reactive ketones (excluding diaryl/α,β-unsaturated/α-hetero) is 2. The van der Waals surface area contributed by atoms with Crippen LogP contribution in [-0.4, -0.2) is 74.6 Å². The molecule has 2 unspecified atom stereocenters. The molecule has 0 aromatic heterocycles. The summed E-state index contributed by atoms with van der Waals surface area (Å²) in [6.45, 7) is 0.664. The smallest absolute Gasteiger partial charge is 0.324 e. The summed E-state index contributed by atoms with van der Waals surface area (Å²) in [7, 11) is 0. The van der Waals surface area contributed by atoms with E-state index in [0.717, 1.165) is 0 Å². The van der Waals surface area contributed by atoms with Gasteiger partial charge >= 0.3 is 5.97 Å². The number of aliphatic hydroxyl groups excluding tert-OH is 3. The van der Waals surface area contributed by atoms with Crippen LogP contribution in [-0.2, 0) is 19.1 Å². The van der Waals surface area contributed by atoms with Crippen LogP contribution in [0.5, 0.6) is 0 Å². The molecule has 0 aliphatic rings. The van der Waals surface area contributed by atoms with Gasteiger partial charge in [-0.05, 0) is 23.1 Å². The molecule has 7 atom stereocenters. The van der Waals surface area contributed by atoms with Crippen LogP contribution >= 0.6 is 12.4 Å². The van der Waals surface area contributed by atoms with E-state index < -0.39 is 72.1 Å². The quantitative estimate of drug-likeness (QED) is 0.0916. The lowest BCUT2D eigenvalue weighted by Crippen LogP contribution is -2.66. The van der Waals surface area contributed by atoms with E-state index in [-0.39, 0.29) is 24.4 Å². The van der Waals surface area contributed by atoms with E-state index >= 15 is 0 Å². The van der Waals surface area contributed by atoms with Crippen LogP contribution in [0.1, 0.15) is 42.1 Å². The van der Waals surface area contributed by atoms with Crippen LogP contribution in [0.3, 0.4) is 0 Å². The van der Waals surface area contributed by atoms with Crippen molar-refractivity contribution in [1.82, 2.24) is 0 Å². The molecule has 3 rings (SSSR count). The number of ketones is 2. The number of aliphatic hydroxyl groups is 4. The van der Waals surface area contributed by atoms with Crippen molar-refractivity contribution in [2.24, 2.45) is 23.1 Å². The largest absolute Gasteiger partial charge is 0.451 e. The first-order valence-corrected chi connectivity index (χ1v) is 13.9. The van der Waals surface area contributed by atoms with Gasteiger partial charge in [0, 0.05) is 0 Å². The number of nitrogens with two attached hydrogens (primary N) is 3. The number of carbonyl (C=O) groups excluding carboxylic acids is 3. The number of hydrogen-bond donors (Lipinski definition) is 7. The zero-order valence-corrected chi connectivity index (χ0v) is 25.0. The molecule has 3 aromatic rings. The minimum Gasteiger partial charge on any atom is -0.451 e. The summed E-state index contributed by atoms with van der Waals surface area (Å²) in [5.41, 5.74) is 16.2. The third-order valence-electron chi connectivity index (χ3n) is 7.46. The molecule has 0 aliphatic heterocycles. The normalized spacial score (nSPS) is 16.8. The molecular formula is C32H40ClN3O8. The molecule has 0 spiro atoms. The van der Waals surface area contributed by atoms with Gasteiger partial charge in [-0.3, -0.25) is 20.1 Å². The van der Waals surface area contributed by atoms with Crippen molar-refractivity contribution in [3.63, 3.8) is 0 Å². The standard InChI is InChI=1S/C32H39N3O8.ClH/c1-2-23(33)26(37)22(18-36)27(38)30(40)32(35,42)29(39)24(19-12-6-3-7-13-19)25(34)31(41)43-28(20-14-8-4-9-15-20)21-16-10-5-11-17-21;/h3-17,22-25,27-28,30,36,38,40,42H,2,18,33-35H2,1H3;1H/t22-,23+,24?,25+,27-,30-,32?;/m1./s1. The Morgan fingerprint density at radius 3 is 1.66 bits per heavy atom. The Balaban J connectivity index is 0.00000675. The average molecular weight is 630 g/mol. The van der Waals surface area contributed by atoms with Gasteiger partial charge in [0.05, 0.1) is 30.6 Å². The molecule has 44 heavy (non-hydrogen) atoms. The molecule has 238 valence electrons. The van der Waals surface area contributed by atoms with Crippen molar-refractivity contribution in [3.05, 3.63) is 108 Å². The van der Waals surface area contributed by atoms with Crippen LogP contribution in [0, 0.1) is 5.92 Å². The summed E-state index contributed by atoms with van der Waals surface area (Å²) in [5.74, 6) is -6.44. The van der Waals surface area contributed by atoms with E-state index in [1.54, 1.807) is 85.8 Å². The Bertz CT molecular complexity index is 1310. The lowest BCUT2D eigenvalue weighted by molar-refractivity contribution is -0.173. The zero-order valence-electron chi connectivity index (χ0n) is 24.2. The molecule has 10 N–H and O–H groups in total. The first-order chi connectivity index (χ1) is 20.4. The van der Waals surface area contributed by atoms with E-state index in [1.807, 2.05) is 0 Å². The van der Waals surface area contributed by atoms with Crippen molar-refractivity contribution in [2.45, 2.75) is 55.4 Å². The van der Waals surface area contributed by atoms with E-state index in [0.29, 0.717) is 11.1 Å². The Kier molecular flexibility index (Phi) is 13.8. The third kappa shape index (κ3) is 8.35. The highest BCUT2D eigenvalue weighted by Gasteiger charge is 2.51. The molecule has 0 aliphatic carbocycles. The van der Waals surface area contributed by atoms with E-state index in [2.05, 4.69) is 0 Å². The number of hydrogen-bond acceptors (Lipinski definition) is 11. The monoisotopic (exact) mass is 629 g/mol. The maximum absolute atomic E-state index is 13.8. The summed E-state index contributed by atoms with van der Waals surface area (Å²) in [4.78, 5) is 40.0. The van der Waals surface area contributed by atoms with Gasteiger partial charge in [-0.15, -0.1) is 12.4 Å². The van der Waals surface area contributed by atoms with Gasteiger partial charge in [0.25, 0.3) is 0 Å². The van der Waals surface area contributed by atoms with Gasteiger partial charge in [0.2, 0.25) is 5.72 Å². The summed E-state index contributed by atoms with van der Waals surface area (Å²) >= 11 is 0. The van der Waals surface area contributed by atoms with Crippen molar-refractivity contribution in [3.8, 4) is 0 Å². The second kappa shape index (κ2) is 16.5. The van der Waals surface area contributed by atoms with Crippen LogP contribution in [0.4, 0.5) is 0 Å². The fourth-order valence-corrected chi connectivity index (χ4v) is 4.81. The van der Waals surface area contributed by atoms with E-state index in [4.69, 9.17) is 21.9 Å². The second-order valence-electron chi connectivity index (χ2n) is 10.4. The molecule has 12 heteroatoms. The molecule has 0 radical (unpaired) electrons. The van der Waals surface area contributed by atoms with Crippen LogP contribution in [0.2, 0.25) is 0 Å². The summed E-state index contributed by atoms with van der Waals surface area (Å²) in [6, 6.07) is 22.7. The van der Waals surface area contributed by atoms with Crippen molar-refractivity contribution in [1.29, 1.82) is 0 Å². The SMILES string of the molecule is CC[C@H](N)C(=O)[C@@H](CO)[C@@H](O)[C@@H](O)C(N)(O)C(=O)C(c1ccccc1)[C@H](N)C(=O)OC(c1ccccc1)c1ccccc1.Cl. The number of rotatable bonds is 15.